The monoisotopic (exact) mass is 400 g/mol. The number of hydrogen-bond donors (Lipinski definition) is 3. The van der Waals surface area contributed by atoms with Crippen LogP contribution < -0.4 is 11.1 Å². The van der Waals surface area contributed by atoms with Gasteiger partial charge >= 0.3 is 0 Å². The van der Waals surface area contributed by atoms with E-state index in [0.717, 1.165) is 16.7 Å². The number of carbonyl (C=O) groups excluding carboxylic acids is 1. The fourth-order valence-corrected chi connectivity index (χ4v) is 5.36. The highest BCUT2D eigenvalue weighted by atomic mass is 32.1. The summed E-state index contributed by atoms with van der Waals surface area (Å²) in [6.45, 7) is 5.63. The third-order valence-electron chi connectivity index (χ3n) is 6.27. The van der Waals surface area contributed by atoms with Crippen molar-refractivity contribution in [3.8, 4) is 0 Å². The Morgan fingerprint density at radius 2 is 1.89 bits per heavy atom. The van der Waals surface area contributed by atoms with Crippen LogP contribution >= 0.6 is 12.6 Å². The van der Waals surface area contributed by atoms with Gasteiger partial charge in [-0.15, -0.1) is 12.6 Å². The molecular formula is C21H40N2O3S. The van der Waals surface area contributed by atoms with Gasteiger partial charge in [0.15, 0.2) is 0 Å². The summed E-state index contributed by atoms with van der Waals surface area (Å²) in [5.74, 6) is 1.48. The first-order chi connectivity index (χ1) is 11.7. The van der Waals surface area contributed by atoms with Crippen LogP contribution in [0.2, 0.25) is 0 Å². The lowest BCUT2D eigenvalue weighted by atomic mass is 9.45. The van der Waals surface area contributed by atoms with E-state index in [-0.39, 0.29) is 19.7 Å². The Balaban J connectivity index is 0. The van der Waals surface area contributed by atoms with Crippen molar-refractivity contribution in [1.29, 1.82) is 0 Å². The molecule has 2 atom stereocenters. The number of thiol groups is 1. The van der Waals surface area contributed by atoms with Crippen LogP contribution in [-0.2, 0) is 4.79 Å². The smallest absolute Gasteiger partial charge is 0.239 e. The van der Waals surface area contributed by atoms with Crippen molar-refractivity contribution in [3.63, 3.8) is 0 Å². The summed E-state index contributed by atoms with van der Waals surface area (Å²) < 4.78 is 0. The van der Waals surface area contributed by atoms with Crippen LogP contribution in [0.3, 0.4) is 0 Å². The summed E-state index contributed by atoms with van der Waals surface area (Å²) in [6.07, 6.45) is 8.13. The molecule has 1 aromatic rings. The third-order valence-corrected chi connectivity index (χ3v) is 6.55. The van der Waals surface area contributed by atoms with Crippen molar-refractivity contribution in [2.24, 2.45) is 23.0 Å². The first-order valence-corrected chi connectivity index (χ1v) is 9.99. The lowest BCUT2D eigenvalue weighted by Gasteiger charge is -2.62. The van der Waals surface area contributed by atoms with Gasteiger partial charge in [0, 0.05) is 13.8 Å². The van der Waals surface area contributed by atoms with E-state index >= 15 is 0 Å². The maximum Gasteiger partial charge on any atom is 0.239 e. The first kappa shape index (κ1) is 24.0. The van der Waals surface area contributed by atoms with Crippen LogP contribution in [0.25, 0.3) is 0 Å². The number of rotatable bonds is 2. The first-order valence-electron chi connectivity index (χ1n) is 9.54. The second-order valence-electron chi connectivity index (χ2n) is 9.08. The second-order valence-corrected chi connectivity index (χ2v) is 9.60. The van der Waals surface area contributed by atoms with Crippen molar-refractivity contribution in [1.82, 2.24) is 5.32 Å². The molecule has 5 rings (SSSR count). The summed E-state index contributed by atoms with van der Waals surface area (Å²) in [7, 11) is 0. The maximum atomic E-state index is 12.0. The molecule has 1 aromatic carbocycles. The van der Waals surface area contributed by atoms with Crippen LogP contribution in [0, 0.1) is 24.2 Å². The lowest BCUT2D eigenvalue weighted by molar-refractivity contribution is -0.135. The van der Waals surface area contributed by atoms with Crippen molar-refractivity contribution in [2.75, 3.05) is 0 Å². The maximum absolute atomic E-state index is 12.0. The molecule has 158 valence electrons. The predicted molar refractivity (Wildman–Crippen MR) is 117 cm³/mol. The molecule has 27 heavy (non-hydrogen) atoms. The van der Waals surface area contributed by atoms with Gasteiger partial charge in [0.25, 0.3) is 0 Å². The highest BCUT2D eigenvalue weighted by Crippen LogP contribution is 2.63. The molecule has 7 N–H and O–H groups in total. The van der Waals surface area contributed by atoms with E-state index in [4.69, 9.17) is 5.73 Å². The van der Waals surface area contributed by atoms with E-state index in [1.54, 1.807) is 13.8 Å². The number of nitrogens with two attached hydrogens (primary N) is 1. The Hall–Kier alpha value is -1.08. The average molecular weight is 401 g/mol. The zero-order valence-corrected chi connectivity index (χ0v) is 17.6. The molecule has 0 radical (unpaired) electrons. The molecule has 6 heteroatoms. The van der Waals surface area contributed by atoms with Crippen LogP contribution in [0.4, 0.5) is 0 Å². The van der Waals surface area contributed by atoms with Crippen LogP contribution in [0.5, 0.6) is 0 Å². The quantitative estimate of drug-likeness (QED) is 0.662. The van der Waals surface area contributed by atoms with Crippen LogP contribution in [0.15, 0.2) is 29.2 Å². The summed E-state index contributed by atoms with van der Waals surface area (Å²) in [6, 6.07) is 8.46. The minimum atomic E-state index is -0.743. The van der Waals surface area contributed by atoms with E-state index < -0.39 is 5.54 Å². The molecular weight excluding hydrogens is 360 g/mol. The average Bonchev–Trinajstić information content (AvgIpc) is 2.48. The van der Waals surface area contributed by atoms with Gasteiger partial charge in [-0.05, 0) is 82.3 Å². The van der Waals surface area contributed by atoms with Gasteiger partial charge in [-0.2, -0.15) is 0 Å². The molecule has 0 saturated heterocycles. The Labute approximate surface area is 171 Å². The number of hydrogen-bond acceptors (Lipinski definition) is 3. The Bertz CT molecular complexity index is 632. The SMILES string of the molecule is CC(C)(N)C(=O)NC1C2CCCC3(C2)CC1C3.Cc1cccc(S)c1.O.O.[HH].[HH]. The van der Waals surface area contributed by atoms with Crippen molar-refractivity contribution in [3.05, 3.63) is 29.8 Å². The van der Waals surface area contributed by atoms with E-state index in [1.807, 2.05) is 18.2 Å². The molecule has 2 unspecified atom stereocenters. The lowest BCUT2D eigenvalue weighted by Crippen LogP contribution is -2.63. The van der Waals surface area contributed by atoms with Gasteiger partial charge < -0.3 is 22.0 Å². The molecule has 0 aromatic heterocycles. The number of benzene rings is 1. The fraction of sp³-hybridized carbons (Fsp3) is 0.667. The molecule has 4 aliphatic rings. The molecule has 5 nitrogen and oxygen atoms in total. The summed E-state index contributed by atoms with van der Waals surface area (Å²) >= 11 is 4.15. The van der Waals surface area contributed by atoms with Gasteiger partial charge in [0.1, 0.15) is 0 Å². The Morgan fingerprint density at radius 3 is 2.41 bits per heavy atom. The molecule has 4 fully saturated rings. The molecule has 3 bridgehead atoms. The summed E-state index contributed by atoms with van der Waals surface area (Å²) in [5, 5.41) is 3.23. The number of nitrogens with one attached hydrogen (secondary N) is 1. The number of carbonyl (C=O) groups is 1. The van der Waals surface area contributed by atoms with Crippen molar-refractivity contribution in [2.45, 2.75) is 75.8 Å². The zero-order chi connectivity index (χ0) is 18.2. The molecule has 1 amide bonds. The topological polar surface area (TPSA) is 118 Å². The second kappa shape index (κ2) is 8.95. The van der Waals surface area contributed by atoms with Gasteiger partial charge in [-0.1, -0.05) is 24.1 Å². The summed E-state index contributed by atoms with van der Waals surface area (Å²) in [4.78, 5) is 13.1. The summed E-state index contributed by atoms with van der Waals surface area (Å²) in [5.41, 5.74) is 7.08. The van der Waals surface area contributed by atoms with Crippen molar-refractivity contribution >= 4 is 18.5 Å². The Morgan fingerprint density at radius 1 is 1.26 bits per heavy atom. The van der Waals surface area contributed by atoms with E-state index in [1.165, 1.54) is 44.1 Å². The molecule has 0 heterocycles. The Kier molecular flexibility index (Phi) is 7.94. The minimum Gasteiger partial charge on any atom is -0.412 e. The van der Waals surface area contributed by atoms with E-state index in [9.17, 15) is 4.79 Å². The van der Waals surface area contributed by atoms with Crippen molar-refractivity contribution < 1.29 is 18.6 Å². The number of amides is 1. The highest BCUT2D eigenvalue weighted by Gasteiger charge is 2.57. The molecule has 4 saturated carbocycles. The predicted octanol–water partition coefficient (Wildman–Crippen LogP) is 2.94. The molecule has 1 spiro atoms. The van der Waals surface area contributed by atoms with Crippen LogP contribution in [-0.4, -0.2) is 28.4 Å². The van der Waals surface area contributed by atoms with Crippen LogP contribution in [0.1, 0.15) is 60.8 Å². The van der Waals surface area contributed by atoms with E-state index in [0.29, 0.717) is 11.5 Å². The highest BCUT2D eigenvalue weighted by molar-refractivity contribution is 7.80. The van der Waals surface area contributed by atoms with Gasteiger partial charge in [-0.25, -0.2) is 0 Å². The van der Waals surface area contributed by atoms with Gasteiger partial charge in [-0.3, -0.25) is 4.79 Å². The molecule has 4 aliphatic carbocycles. The zero-order valence-electron chi connectivity index (χ0n) is 16.7. The fourth-order valence-electron chi connectivity index (χ4n) is 5.07. The standard InChI is InChI=1S/C14H24N2O.C7H8S.2H2O.2H2/c1-13(2,15)12(17)16-11-9-4-3-5-14(6-9)7-10(11)8-14;1-6-3-2-4-7(8)5-6;;;;/h9-11H,3-8,15H2,1-2H3,(H,16,17);2-5,8H,1H3;2*1H2;2*1H. The minimum absolute atomic E-state index is 0. The normalized spacial score (nSPS) is 30.3. The van der Waals surface area contributed by atoms with Gasteiger partial charge in [0.2, 0.25) is 5.91 Å². The van der Waals surface area contributed by atoms with Gasteiger partial charge in [0.05, 0.1) is 5.54 Å². The van der Waals surface area contributed by atoms with E-state index in [2.05, 4.69) is 30.9 Å². The number of aryl methyl sites for hydroxylation is 1. The molecule has 0 aliphatic heterocycles. The largest absolute Gasteiger partial charge is 0.412 e. The third kappa shape index (κ3) is 5.47.